The molecule has 5 aromatic rings. The van der Waals surface area contributed by atoms with Crippen molar-refractivity contribution in [3.05, 3.63) is 59.8 Å². The topological polar surface area (TPSA) is 132 Å². The second-order valence-electron chi connectivity index (χ2n) is 7.79. The molecule has 2 N–H and O–H groups in total. The van der Waals surface area contributed by atoms with Crippen LogP contribution in [0.25, 0.3) is 34.5 Å². The standard InChI is InChI=1S/C23H20N8O3/c1-13-19(27-31(21(13)24)15-6-4-3-5-7-15)22-25-23(34-28-22)20-14(2)30(29-26-20)16-8-9-17-18(12-16)33-11-10-32-17/h3-9,12H,10-11,24H2,1-2H3. The third-order valence-corrected chi connectivity index (χ3v) is 5.67. The summed E-state index contributed by atoms with van der Waals surface area (Å²) in [5.41, 5.74) is 10.4. The number of aromatic nitrogens is 7. The highest BCUT2D eigenvalue weighted by atomic mass is 16.6. The van der Waals surface area contributed by atoms with Crippen LogP contribution < -0.4 is 15.2 Å². The molecule has 0 radical (unpaired) electrons. The average Bonchev–Trinajstić information content (AvgIpc) is 3.57. The van der Waals surface area contributed by atoms with Gasteiger partial charge in [0.25, 0.3) is 5.89 Å². The maximum absolute atomic E-state index is 6.30. The smallest absolute Gasteiger partial charge is 0.280 e. The molecule has 0 atom stereocenters. The summed E-state index contributed by atoms with van der Waals surface area (Å²) in [5.74, 6) is 2.44. The van der Waals surface area contributed by atoms with E-state index in [0.29, 0.717) is 47.7 Å². The Morgan fingerprint density at radius 2 is 1.68 bits per heavy atom. The molecule has 0 amide bonds. The van der Waals surface area contributed by atoms with E-state index < -0.39 is 0 Å². The van der Waals surface area contributed by atoms with Crippen LogP contribution in [0.4, 0.5) is 5.82 Å². The summed E-state index contributed by atoms with van der Waals surface area (Å²) in [6.45, 7) is 4.79. The fourth-order valence-corrected chi connectivity index (χ4v) is 3.84. The van der Waals surface area contributed by atoms with Crippen molar-refractivity contribution in [3.8, 4) is 46.0 Å². The van der Waals surface area contributed by atoms with Crippen molar-refractivity contribution in [2.45, 2.75) is 13.8 Å². The van der Waals surface area contributed by atoms with E-state index in [1.807, 2.05) is 62.4 Å². The molecule has 2 aromatic carbocycles. The second-order valence-corrected chi connectivity index (χ2v) is 7.79. The van der Waals surface area contributed by atoms with E-state index in [2.05, 4.69) is 25.6 Å². The SMILES string of the molecule is Cc1c(-c2noc(-c3nnn(-c4ccc5c(c4)OCCO5)c3C)n2)nn(-c2ccccc2)c1N. The van der Waals surface area contributed by atoms with E-state index >= 15 is 0 Å². The maximum Gasteiger partial charge on any atom is 0.280 e. The van der Waals surface area contributed by atoms with Gasteiger partial charge in [-0.3, -0.25) is 0 Å². The number of nitrogen functional groups attached to an aromatic ring is 1. The Morgan fingerprint density at radius 1 is 0.882 bits per heavy atom. The number of nitrogens with two attached hydrogens (primary N) is 1. The zero-order valence-corrected chi connectivity index (χ0v) is 18.5. The highest BCUT2D eigenvalue weighted by Gasteiger charge is 2.23. The minimum absolute atomic E-state index is 0.239. The van der Waals surface area contributed by atoms with E-state index in [4.69, 9.17) is 19.7 Å². The number of anilines is 1. The highest BCUT2D eigenvalue weighted by Crippen LogP contribution is 2.33. The number of para-hydroxylation sites is 1. The van der Waals surface area contributed by atoms with Crippen molar-refractivity contribution in [3.63, 3.8) is 0 Å². The van der Waals surface area contributed by atoms with Crippen LogP contribution in [0.1, 0.15) is 11.3 Å². The number of fused-ring (bicyclic) bond motifs is 1. The van der Waals surface area contributed by atoms with Gasteiger partial charge in [0.15, 0.2) is 17.2 Å². The molecule has 4 heterocycles. The van der Waals surface area contributed by atoms with Crippen molar-refractivity contribution in [1.29, 1.82) is 0 Å². The zero-order valence-electron chi connectivity index (χ0n) is 18.5. The van der Waals surface area contributed by atoms with Gasteiger partial charge in [0.2, 0.25) is 5.82 Å². The highest BCUT2D eigenvalue weighted by molar-refractivity contribution is 5.65. The average molecular weight is 456 g/mol. The molecule has 11 heteroatoms. The minimum atomic E-state index is 0.239. The summed E-state index contributed by atoms with van der Waals surface area (Å²) in [7, 11) is 0. The van der Waals surface area contributed by atoms with Gasteiger partial charge in [-0.15, -0.1) is 5.10 Å². The molecule has 6 rings (SSSR count). The molecule has 0 saturated heterocycles. The Labute approximate surface area is 193 Å². The normalized spacial score (nSPS) is 12.8. The summed E-state index contributed by atoms with van der Waals surface area (Å²) in [6, 6.07) is 15.2. The van der Waals surface area contributed by atoms with Gasteiger partial charge in [-0.25, -0.2) is 9.36 Å². The Bertz CT molecular complexity index is 1500. The molecule has 34 heavy (non-hydrogen) atoms. The number of hydrogen-bond donors (Lipinski definition) is 1. The fraction of sp³-hybridized carbons (Fsp3) is 0.174. The predicted molar refractivity (Wildman–Crippen MR) is 122 cm³/mol. The third-order valence-electron chi connectivity index (χ3n) is 5.67. The van der Waals surface area contributed by atoms with E-state index in [-0.39, 0.29) is 5.89 Å². The molecule has 0 bridgehead atoms. The van der Waals surface area contributed by atoms with Gasteiger partial charge in [0, 0.05) is 11.6 Å². The van der Waals surface area contributed by atoms with Crippen LogP contribution in [0, 0.1) is 13.8 Å². The fourth-order valence-electron chi connectivity index (χ4n) is 3.84. The van der Waals surface area contributed by atoms with Crippen LogP contribution in [0.5, 0.6) is 11.5 Å². The van der Waals surface area contributed by atoms with Crippen LogP contribution in [0.3, 0.4) is 0 Å². The lowest BCUT2D eigenvalue weighted by atomic mass is 10.2. The Balaban J connectivity index is 1.34. The number of nitrogens with zero attached hydrogens (tertiary/aromatic N) is 7. The lowest BCUT2D eigenvalue weighted by molar-refractivity contribution is 0.171. The van der Waals surface area contributed by atoms with Crippen molar-refractivity contribution in [2.24, 2.45) is 0 Å². The summed E-state index contributed by atoms with van der Waals surface area (Å²) in [6.07, 6.45) is 0. The van der Waals surface area contributed by atoms with E-state index in [0.717, 1.165) is 22.6 Å². The van der Waals surface area contributed by atoms with Crippen molar-refractivity contribution in [2.75, 3.05) is 18.9 Å². The molecular weight excluding hydrogens is 436 g/mol. The predicted octanol–water partition coefficient (Wildman–Crippen LogP) is 3.14. The minimum Gasteiger partial charge on any atom is -0.486 e. The first-order chi connectivity index (χ1) is 16.6. The molecule has 0 unspecified atom stereocenters. The quantitative estimate of drug-likeness (QED) is 0.433. The van der Waals surface area contributed by atoms with Gasteiger partial charge in [-0.05, 0) is 38.1 Å². The summed E-state index contributed by atoms with van der Waals surface area (Å²) >= 11 is 0. The zero-order chi connectivity index (χ0) is 23.2. The summed E-state index contributed by atoms with van der Waals surface area (Å²) in [4.78, 5) is 4.53. The van der Waals surface area contributed by atoms with E-state index in [1.54, 1.807) is 9.36 Å². The van der Waals surface area contributed by atoms with Gasteiger partial charge >= 0.3 is 0 Å². The molecule has 0 spiro atoms. The third kappa shape index (κ3) is 3.17. The first kappa shape index (κ1) is 20.0. The van der Waals surface area contributed by atoms with Crippen LogP contribution in [0.15, 0.2) is 53.1 Å². The van der Waals surface area contributed by atoms with Crippen molar-refractivity contribution >= 4 is 5.82 Å². The molecular formula is C23H20N8O3. The number of ether oxygens (including phenoxy) is 2. The van der Waals surface area contributed by atoms with Gasteiger partial charge in [0.1, 0.15) is 24.7 Å². The van der Waals surface area contributed by atoms with Gasteiger partial charge in [-0.2, -0.15) is 10.1 Å². The van der Waals surface area contributed by atoms with Crippen LogP contribution in [0.2, 0.25) is 0 Å². The molecule has 170 valence electrons. The molecule has 3 aromatic heterocycles. The number of hydrogen-bond acceptors (Lipinski definition) is 9. The molecule has 11 nitrogen and oxygen atoms in total. The number of benzene rings is 2. The van der Waals surface area contributed by atoms with Crippen molar-refractivity contribution < 1.29 is 14.0 Å². The first-order valence-corrected chi connectivity index (χ1v) is 10.7. The van der Waals surface area contributed by atoms with Crippen molar-refractivity contribution in [1.82, 2.24) is 34.9 Å². The van der Waals surface area contributed by atoms with Crippen LogP contribution >= 0.6 is 0 Å². The monoisotopic (exact) mass is 456 g/mol. The second kappa shape index (κ2) is 7.73. The summed E-state index contributed by atoms with van der Waals surface area (Å²) < 4.78 is 20.1. The maximum atomic E-state index is 6.30. The molecule has 1 aliphatic rings. The molecule has 0 fully saturated rings. The Morgan fingerprint density at radius 3 is 2.50 bits per heavy atom. The van der Waals surface area contributed by atoms with Gasteiger partial charge in [0.05, 0.1) is 17.1 Å². The number of rotatable bonds is 4. The van der Waals surface area contributed by atoms with E-state index in [1.165, 1.54) is 0 Å². The molecule has 1 aliphatic heterocycles. The van der Waals surface area contributed by atoms with Gasteiger partial charge < -0.3 is 19.7 Å². The Hall–Kier alpha value is -4.67. The molecule has 0 aliphatic carbocycles. The van der Waals surface area contributed by atoms with Gasteiger partial charge in [-0.1, -0.05) is 28.6 Å². The van der Waals surface area contributed by atoms with Crippen LogP contribution in [-0.2, 0) is 0 Å². The van der Waals surface area contributed by atoms with E-state index in [9.17, 15) is 0 Å². The lowest BCUT2D eigenvalue weighted by Gasteiger charge is -2.18. The van der Waals surface area contributed by atoms with Crippen LogP contribution in [-0.4, -0.2) is 48.1 Å². The first-order valence-electron chi connectivity index (χ1n) is 10.7. The lowest BCUT2D eigenvalue weighted by Crippen LogP contribution is -2.15. The Kier molecular flexibility index (Phi) is 4.54. The molecule has 0 saturated carbocycles. The largest absolute Gasteiger partial charge is 0.486 e. The summed E-state index contributed by atoms with van der Waals surface area (Å²) in [5, 5.41) is 17.3.